The van der Waals surface area contributed by atoms with Crippen molar-refractivity contribution in [2.45, 2.75) is 19.0 Å². The highest BCUT2D eigenvalue weighted by atomic mass is 19.4. The third-order valence-corrected chi connectivity index (χ3v) is 3.91. The van der Waals surface area contributed by atoms with Crippen LogP contribution in [0.1, 0.15) is 28.8 Å². The average Bonchev–Trinajstić information content (AvgIpc) is 3.43. The largest absolute Gasteiger partial charge is 0.418 e. The standard InChI is InChI=1S/C17H14F5N3O2/c18-12-4-3-10(16(26)25-27-8-9-1-2-9)15(14(12)19)24-13-7-23-6-5-11(13)17(20,21)22/h3-7,9,24H,1-2,8H2,(H,25,26). The molecule has 5 nitrogen and oxygen atoms in total. The summed E-state index contributed by atoms with van der Waals surface area (Å²) in [5.41, 5.74) is -0.846. The second kappa shape index (κ2) is 7.47. The monoisotopic (exact) mass is 387 g/mol. The van der Waals surface area contributed by atoms with E-state index in [0.717, 1.165) is 31.3 Å². The Morgan fingerprint density at radius 1 is 1.22 bits per heavy atom. The van der Waals surface area contributed by atoms with Gasteiger partial charge < -0.3 is 5.32 Å². The number of nitrogens with one attached hydrogen (secondary N) is 2. The zero-order valence-electron chi connectivity index (χ0n) is 13.7. The lowest BCUT2D eigenvalue weighted by Crippen LogP contribution is -2.26. The van der Waals surface area contributed by atoms with E-state index in [1.165, 1.54) is 0 Å². The normalized spacial score (nSPS) is 14.1. The van der Waals surface area contributed by atoms with Crippen LogP contribution in [-0.4, -0.2) is 17.5 Å². The second-order valence-corrected chi connectivity index (χ2v) is 6.01. The molecule has 0 unspecified atom stereocenters. The van der Waals surface area contributed by atoms with Crippen LogP contribution in [0.5, 0.6) is 0 Å². The summed E-state index contributed by atoms with van der Waals surface area (Å²) in [6.45, 7) is 0.263. The van der Waals surface area contributed by atoms with Crippen molar-refractivity contribution in [1.82, 2.24) is 10.5 Å². The quantitative estimate of drug-likeness (QED) is 0.576. The van der Waals surface area contributed by atoms with Crippen LogP contribution in [0.3, 0.4) is 0 Å². The number of carbonyl (C=O) groups is 1. The van der Waals surface area contributed by atoms with Crippen LogP contribution < -0.4 is 10.8 Å². The average molecular weight is 387 g/mol. The van der Waals surface area contributed by atoms with Crippen LogP contribution in [0.25, 0.3) is 0 Å². The molecule has 1 fully saturated rings. The van der Waals surface area contributed by atoms with Crippen LogP contribution in [0.4, 0.5) is 33.3 Å². The number of nitrogens with zero attached hydrogens (tertiary/aromatic N) is 1. The van der Waals surface area contributed by atoms with Crippen LogP contribution in [0, 0.1) is 17.6 Å². The van der Waals surface area contributed by atoms with Gasteiger partial charge in [-0.1, -0.05) is 0 Å². The zero-order valence-corrected chi connectivity index (χ0v) is 13.7. The maximum absolute atomic E-state index is 14.2. The van der Waals surface area contributed by atoms with Gasteiger partial charge in [0.25, 0.3) is 5.91 Å². The Hall–Kier alpha value is -2.75. The summed E-state index contributed by atoms with van der Waals surface area (Å²) in [7, 11) is 0. The minimum absolute atomic E-state index is 0.263. The number of hydroxylamine groups is 1. The van der Waals surface area contributed by atoms with E-state index in [1.54, 1.807) is 0 Å². The van der Waals surface area contributed by atoms with Crippen LogP contribution >= 0.6 is 0 Å². The lowest BCUT2D eigenvalue weighted by molar-refractivity contribution is -0.137. The van der Waals surface area contributed by atoms with E-state index in [2.05, 4.69) is 15.8 Å². The van der Waals surface area contributed by atoms with Crippen molar-refractivity contribution < 1.29 is 31.6 Å². The van der Waals surface area contributed by atoms with Gasteiger partial charge in [0.15, 0.2) is 11.6 Å². The van der Waals surface area contributed by atoms with Gasteiger partial charge >= 0.3 is 6.18 Å². The van der Waals surface area contributed by atoms with Gasteiger partial charge in [-0.05, 0) is 37.0 Å². The van der Waals surface area contributed by atoms with Crippen molar-refractivity contribution in [2.75, 3.05) is 11.9 Å². The summed E-state index contributed by atoms with van der Waals surface area (Å²) >= 11 is 0. The molecule has 1 saturated carbocycles. The smallest absolute Gasteiger partial charge is 0.351 e. The zero-order chi connectivity index (χ0) is 19.6. The first kappa shape index (κ1) is 19.0. The number of benzene rings is 1. The Labute approximate surface area is 150 Å². The van der Waals surface area contributed by atoms with Crippen LogP contribution in [0.2, 0.25) is 0 Å². The highest BCUT2D eigenvalue weighted by Crippen LogP contribution is 2.36. The van der Waals surface area contributed by atoms with Crippen molar-refractivity contribution >= 4 is 17.3 Å². The third kappa shape index (κ3) is 4.51. The van der Waals surface area contributed by atoms with E-state index in [0.29, 0.717) is 18.1 Å². The van der Waals surface area contributed by atoms with E-state index in [-0.39, 0.29) is 6.61 Å². The molecule has 0 radical (unpaired) electrons. The fourth-order valence-electron chi connectivity index (χ4n) is 2.30. The fourth-order valence-corrected chi connectivity index (χ4v) is 2.30. The number of halogens is 5. The molecule has 1 aliphatic carbocycles. The molecule has 0 spiro atoms. The Morgan fingerprint density at radius 3 is 2.63 bits per heavy atom. The SMILES string of the molecule is O=C(NOCC1CC1)c1ccc(F)c(F)c1Nc1cnccc1C(F)(F)F. The first-order chi connectivity index (χ1) is 12.8. The fraction of sp³-hybridized carbons (Fsp3) is 0.294. The predicted octanol–water partition coefficient (Wildman–Crippen LogP) is 4.19. The Kier molecular flexibility index (Phi) is 5.26. The lowest BCUT2D eigenvalue weighted by Gasteiger charge is -2.17. The molecule has 10 heteroatoms. The third-order valence-electron chi connectivity index (χ3n) is 3.91. The van der Waals surface area contributed by atoms with Gasteiger partial charge in [0, 0.05) is 6.20 Å². The number of anilines is 2. The van der Waals surface area contributed by atoms with Gasteiger partial charge in [-0.25, -0.2) is 14.3 Å². The maximum Gasteiger partial charge on any atom is 0.418 e. The molecule has 0 saturated heterocycles. The van der Waals surface area contributed by atoms with Gasteiger partial charge in [-0.2, -0.15) is 13.2 Å². The van der Waals surface area contributed by atoms with Crippen molar-refractivity contribution in [3.8, 4) is 0 Å². The number of amides is 1. The molecular weight excluding hydrogens is 373 g/mol. The molecule has 2 aromatic rings. The highest BCUT2D eigenvalue weighted by Gasteiger charge is 2.34. The van der Waals surface area contributed by atoms with E-state index in [9.17, 15) is 26.7 Å². The summed E-state index contributed by atoms with van der Waals surface area (Å²) < 4.78 is 67.2. The molecule has 0 bridgehead atoms. The van der Waals surface area contributed by atoms with Crippen LogP contribution in [-0.2, 0) is 11.0 Å². The molecule has 1 amide bonds. The molecule has 144 valence electrons. The van der Waals surface area contributed by atoms with Gasteiger partial charge in [0.05, 0.1) is 35.3 Å². The van der Waals surface area contributed by atoms with E-state index in [4.69, 9.17) is 4.84 Å². The number of carbonyl (C=O) groups excluding carboxylic acids is 1. The van der Waals surface area contributed by atoms with E-state index < -0.39 is 46.2 Å². The predicted molar refractivity (Wildman–Crippen MR) is 85.0 cm³/mol. The first-order valence-electron chi connectivity index (χ1n) is 7.95. The van der Waals surface area contributed by atoms with Gasteiger partial charge in [-0.15, -0.1) is 0 Å². The summed E-state index contributed by atoms with van der Waals surface area (Å²) in [4.78, 5) is 20.7. The number of alkyl halides is 3. The molecule has 1 aliphatic rings. The number of hydrogen-bond acceptors (Lipinski definition) is 4. The van der Waals surface area contributed by atoms with E-state index >= 15 is 0 Å². The van der Waals surface area contributed by atoms with Crippen LogP contribution in [0.15, 0.2) is 30.6 Å². The van der Waals surface area contributed by atoms with Crippen molar-refractivity contribution in [3.63, 3.8) is 0 Å². The molecule has 0 aliphatic heterocycles. The Bertz CT molecular complexity index is 853. The molecule has 0 atom stereocenters. The maximum atomic E-state index is 14.2. The van der Waals surface area contributed by atoms with Gasteiger partial charge in [0.1, 0.15) is 0 Å². The summed E-state index contributed by atoms with van der Waals surface area (Å²) in [5, 5.41) is 2.14. The van der Waals surface area contributed by atoms with Crippen molar-refractivity contribution in [1.29, 1.82) is 0 Å². The Balaban J connectivity index is 1.90. The Morgan fingerprint density at radius 2 is 1.96 bits per heavy atom. The molecule has 27 heavy (non-hydrogen) atoms. The molecule has 1 aromatic carbocycles. The molecule has 1 heterocycles. The summed E-state index contributed by atoms with van der Waals surface area (Å²) in [6, 6.07) is 2.32. The second-order valence-electron chi connectivity index (χ2n) is 6.01. The number of rotatable bonds is 6. The molecule has 3 rings (SSSR count). The number of pyridine rings is 1. The molecule has 2 N–H and O–H groups in total. The molecule has 1 aromatic heterocycles. The first-order valence-corrected chi connectivity index (χ1v) is 7.95. The minimum atomic E-state index is -4.76. The summed E-state index contributed by atoms with van der Waals surface area (Å²) in [5.74, 6) is -3.42. The number of aromatic nitrogens is 1. The van der Waals surface area contributed by atoms with Gasteiger partial charge in [-0.3, -0.25) is 14.6 Å². The van der Waals surface area contributed by atoms with Crippen molar-refractivity contribution in [3.05, 3.63) is 53.4 Å². The topological polar surface area (TPSA) is 63.2 Å². The van der Waals surface area contributed by atoms with Gasteiger partial charge in [0.2, 0.25) is 0 Å². The number of hydrogen-bond donors (Lipinski definition) is 2. The van der Waals surface area contributed by atoms with Crippen molar-refractivity contribution in [2.24, 2.45) is 5.92 Å². The summed E-state index contributed by atoms with van der Waals surface area (Å²) in [6.07, 6.45) is -1.11. The highest BCUT2D eigenvalue weighted by molar-refractivity contribution is 6.00. The minimum Gasteiger partial charge on any atom is -0.351 e. The lowest BCUT2D eigenvalue weighted by atomic mass is 10.1. The molecular formula is C17H14F5N3O2. The van der Waals surface area contributed by atoms with E-state index in [1.807, 2.05) is 0 Å².